The molecule has 2 aliphatic rings. The quantitative estimate of drug-likeness (QED) is 0.650. The van der Waals surface area contributed by atoms with E-state index in [4.69, 9.17) is 17.0 Å². The number of anilines is 1. The Morgan fingerprint density at radius 2 is 1.88 bits per heavy atom. The highest BCUT2D eigenvalue weighted by Gasteiger charge is 2.23. The minimum atomic E-state index is -0.0227. The van der Waals surface area contributed by atoms with Gasteiger partial charge in [-0.25, -0.2) is 0 Å². The summed E-state index contributed by atoms with van der Waals surface area (Å²) in [5.74, 6) is 0.755. The maximum Gasteiger partial charge on any atom is 0.216 e. The Kier molecular flexibility index (Phi) is 5.45. The number of hydrogen-bond donors (Lipinski definition) is 1. The van der Waals surface area contributed by atoms with E-state index in [9.17, 15) is 0 Å². The number of H-pyrrole nitrogens is 1. The molecule has 1 aromatic heterocycles. The molecule has 0 aliphatic carbocycles. The number of aromatic amines is 1. The normalized spacial score (nSPS) is 21.4. The van der Waals surface area contributed by atoms with Crippen molar-refractivity contribution in [1.29, 1.82) is 0 Å². The fourth-order valence-electron chi connectivity index (χ4n) is 3.63. The molecule has 0 unspecified atom stereocenters. The highest BCUT2D eigenvalue weighted by molar-refractivity contribution is 7.71. The zero-order valence-electron chi connectivity index (χ0n) is 14.9. The van der Waals surface area contributed by atoms with Gasteiger partial charge in [0, 0.05) is 25.4 Å². The Hall–Kier alpha value is -1.99. The van der Waals surface area contributed by atoms with Gasteiger partial charge in [0.05, 0.1) is 6.21 Å². The van der Waals surface area contributed by atoms with Gasteiger partial charge in [-0.05, 0) is 55.6 Å². The maximum atomic E-state index is 5.71. The van der Waals surface area contributed by atoms with Crippen molar-refractivity contribution in [2.45, 2.75) is 44.6 Å². The Labute approximate surface area is 158 Å². The van der Waals surface area contributed by atoms with Crippen LogP contribution in [0.5, 0.6) is 0 Å². The molecule has 3 heterocycles. The van der Waals surface area contributed by atoms with Crippen LogP contribution in [0.3, 0.4) is 0 Å². The predicted octanol–water partition coefficient (Wildman–Crippen LogP) is 4.05. The first-order valence-electron chi connectivity index (χ1n) is 9.49. The standard InChI is InChI=1S/C19H25N5OS/c26-19-22-21-18(17-6-5-13-25-17)24(19)20-14-15-7-9-16(10-8-15)23-11-3-1-2-4-12-23/h7-10,14,17H,1-6,11-13H2,(H,22,26)/b20-14-/t17-/m1/s1. The third kappa shape index (κ3) is 3.88. The van der Waals surface area contributed by atoms with E-state index in [-0.39, 0.29) is 6.10 Å². The van der Waals surface area contributed by atoms with Gasteiger partial charge in [0.15, 0.2) is 5.82 Å². The lowest BCUT2D eigenvalue weighted by atomic mass is 10.2. The molecule has 0 amide bonds. The van der Waals surface area contributed by atoms with Crippen LogP contribution in [-0.2, 0) is 4.74 Å². The summed E-state index contributed by atoms with van der Waals surface area (Å²) in [6, 6.07) is 8.59. The van der Waals surface area contributed by atoms with Gasteiger partial charge in [0.25, 0.3) is 0 Å². The average molecular weight is 372 g/mol. The summed E-state index contributed by atoms with van der Waals surface area (Å²) in [5.41, 5.74) is 2.34. The van der Waals surface area contributed by atoms with Gasteiger partial charge >= 0.3 is 0 Å². The molecule has 0 bridgehead atoms. The number of nitrogens with zero attached hydrogens (tertiary/aromatic N) is 4. The van der Waals surface area contributed by atoms with Crippen molar-refractivity contribution < 1.29 is 4.74 Å². The largest absolute Gasteiger partial charge is 0.372 e. The fourth-order valence-corrected chi connectivity index (χ4v) is 3.82. The molecule has 2 fully saturated rings. The lowest BCUT2D eigenvalue weighted by Gasteiger charge is -2.22. The van der Waals surface area contributed by atoms with Crippen molar-refractivity contribution in [1.82, 2.24) is 14.9 Å². The molecule has 6 nitrogen and oxygen atoms in total. The van der Waals surface area contributed by atoms with Gasteiger partial charge < -0.3 is 9.64 Å². The second kappa shape index (κ2) is 8.14. The van der Waals surface area contributed by atoms with Crippen LogP contribution in [0.25, 0.3) is 0 Å². The summed E-state index contributed by atoms with van der Waals surface area (Å²) in [6.45, 7) is 3.08. The van der Waals surface area contributed by atoms with Crippen molar-refractivity contribution in [2.75, 3.05) is 24.6 Å². The molecule has 1 atom stereocenters. The van der Waals surface area contributed by atoms with Crippen LogP contribution in [0.1, 0.15) is 56.0 Å². The lowest BCUT2D eigenvalue weighted by molar-refractivity contribution is 0.102. The molecule has 0 spiro atoms. The van der Waals surface area contributed by atoms with Crippen LogP contribution in [0, 0.1) is 4.77 Å². The van der Waals surface area contributed by atoms with Crippen molar-refractivity contribution in [3.05, 3.63) is 40.4 Å². The molecule has 1 aromatic carbocycles. The van der Waals surface area contributed by atoms with Crippen molar-refractivity contribution in [3.8, 4) is 0 Å². The van der Waals surface area contributed by atoms with Crippen LogP contribution in [0.15, 0.2) is 29.4 Å². The Balaban J connectivity index is 1.49. The Bertz CT molecular complexity index is 796. The van der Waals surface area contributed by atoms with Gasteiger partial charge in [-0.15, -0.1) is 0 Å². The lowest BCUT2D eigenvalue weighted by Crippen LogP contribution is -2.23. The molecule has 2 saturated heterocycles. The number of hydrogen-bond acceptors (Lipinski definition) is 5. The van der Waals surface area contributed by atoms with Gasteiger partial charge in [-0.3, -0.25) is 5.10 Å². The zero-order valence-corrected chi connectivity index (χ0v) is 15.7. The van der Waals surface area contributed by atoms with E-state index < -0.39 is 0 Å². The summed E-state index contributed by atoms with van der Waals surface area (Å²) in [5, 5.41) is 11.7. The van der Waals surface area contributed by atoms with E-state index in [1.165, 1.54) is 31.4 Å². The number of benzene rings is 1. The minimum absolute atomic E-state index is 0.0227. The van der Waals surface area contributed by atoms with E-state index in [1.54, 1.807) is 4.68 Å². The third-order valence-corrected chi connectivity index (χ3v) is 5.34. The first kappa shape index (κ1) is 17.4. The second-order valence-electron chi connectivity index (χ2n) is 6.94. The van der Waals surface area contributed by atoms with Gasteiger partial charge in [-0.2, -0.15) is 14.9 Å². The van der Waals surface area contributed by atoms with Gasteiger partial charge in [0.1, 0.15) is 6.10 Å². The van der Waals surface area contributed by atoms with Crippen LogP contribution in [0.4, 0.5) is 5.69 Å². The van der Waals surface area contributed by atoms with E-state index in [0.29, 0.717) is 4.77 Å². The average Bonchev–Trinajstić information content (AvgIpc) is 3.23. The highest BCUT2D eigenvalue weighted by atomic mass is 32.1. The maximum absolute atomic E-state index is 5.71. The summed E-state index contributed by atoms with van der Waals surface area (Å²) in [6.07, 6.45) is 9.08. The molecular formula is C19H25N5OS. The van der Waals surface area contributed by atoms with Crippen molar-refractivity contribution in [3.63, 3.8) is 0 Å². The molecule has 138 valence electrons. The zero-order chi connectivity index (χ0) is 17.8. The summed E-state index contributed by atoms with van der Waals surface area (Å²) in [7, 11) is 0. The molecule has 2 aromatic rings. The van der Waals surface area contributed by atoms with E-state index in [2.05, 4.69) is 44.5 Å². The summed E-state index contributed by atoms with van der Waals surface area (Å²) >= 11 is 5.31. The molecule has 7 heteroatoms. The van der Waals surface area contributed by atoms with Crippen LogP contribution in [-0.4, -0.2) is 40.8 Å². The highest BCUT2D eigenvalue weighted by Crippen LogP contribution is 2.27. The number of aromatic nitrogens is 3. The molecule has 4 rings (SSSR count). The van der Waals surface area contributed by atoms with Crippen LogP contribution in [0.2, 0.25) is 0 Å². The molecule has 0 radical (unpaired) electrons. The number of nitrogens with one attached hydrogen (secondary N) is 1. The SMILES string of the molecule is S=c1[nH]nc([C@H]2CCCO2)n1/N=C\c1ccc(N2CCCCCC2)cc1. The molecular weight excluding hydrogens is 346 g/mol. The fraction of sp³-hybridized carbons (Fsp3) is 0.526. The van der Waals surface area contributed by atoms with Gasteiger partial charge in [-0.1, -0.05) is 25.0 Å². The first-order chi connectivity index (χ1) is 12.8. The summed E-state index contributed by atoms with van der Waals surface area (Å²) < 4.78 is 7.88. The number of rotatable bonds is 4. The van der Waals surface area contributed by atoms with Crippen LogP contribution < -0.4 is 4.90 Å². The molecule has 2 aliphatic heterocycles. The smallest absolute Gasteiger partial charge is 0.216 e. The summed E-state index contributed by atoms with van der Waals surface area (Å²) in [4.78, 5) is 2.48. The Morgan fingerprint density at radius 3 is 2.58 bits per heavy atom. The third-order valence-electron chi connectivity index (χ3n) is 5.08. The molecule has 0 saturated carbocycles. The molecule has 1 N–H and O–H groups in total. The van der Waals surface area contributed by atoms with E-state index >= 15 is 0 Å². The topological polar surface area (TPSA) is 58.4 Å². The van der Waals surface area contributed by atoms with Crippen LogP contribution >= 0.6 is 12.2 Å². The van der Waals surface area contributed by atoms with Crippen molar-refractivity contribution in [2.24, 2.45) is 5.10 Å². The Morgan fingerprint density at radius 1 is 1.12 bits per heavy atom. The molecule has 26 heavy (non-hydrogen) atoms. The first-order valence-corrected chi connectivity index (χ1v) is 9.90. The predicted molar refractivity (Wildman–Crippen MR) is 105 cm³/mol. The second-order valence-corrected chi connectivity index (χ2v) is 7.32. The minimum Gasteiger partial charge on any atom is -0.372 e. The number of ether oxygens (including phenoxy) is 1. The van der Waals surface area contributed by atoms with Crippen molar-refractivity contribution >= 4 is 24.1 Å². The monoisotopic (exact) mass is 371 g/mol. The van der Waals surface area contributed by atoms with E-state index in [1.807, 2.05) is 6.21 Å². The van der Waals surface area contributed by atoms with E-state index in [0.717, 1.165) is 43.9 Å². The van der Waals surface area contributed by atoms with Gasteiger partial charge in [0.2, 0.25) is 4.77 Å².